The molecule has 4 heteroatoms. The number of hydrogen-bond donors (Lipinski definition) is 1. The topological polar surface area (TPSA) is 46.2 Å². The highest BCUT2D eigenvalue weighted by Gasteiger charge is 2.29. The van der Waals surface area contributed by atoms with E-state index in [1.54, 1.807) is 31.2 Å². The van der Waals surface area contributed by atoms with E-state index >= 15 is 0 Å². The second-order valence-corrected chi connectivity index (χ2v) is 6.84. The van der Waals surface area contributed by atoms with E-state index in [0.717, 1.165) is 19.4 Å². The lowest BCUT2D eigenvalue weighted by atomic mass is 10.1. The van der Waals surface area contributed by atoms with Crippen molar-refractivity contribution < 1.29 is 8.42 Å². The quantitative estimate of drug-likeness (QED) is 0.827. The summed E-state index contributed by atoms with van der Waals surface area (Å²) in [6.45, 7) is 6.74. The van der Waals surface area contributed by atoms with Gasteiger partial charge < -0.3 is 5.32 Å². The molecule has 1 rings (SSSR count). The minimum Gasteiger partial charge on any atom is -0.313 e. The highest BCUT2D eigenvalue weighted by molar-refractivity contribution is 7.92. The number of nitrogens with one attached hydrogen (secondary N) is 1. The van der Waals surface area contributed by atoms with Crippen LogP contribution in [0.4, 0.5) is 0 Å². The van der Waals surface area contributed by atoms with Crippen molar-refractivity contribution in [2.75, 3.05) is 6.54 Å². The van der Waals surface area contributed by atoms with E-state index in [0.29, 0.717) is 4.90 Å². The van der Waals surface area contributed by atoms with Crippen LogP contribution >= 0.6 is 0 Å². The van der Waals surface area contributed by atoms with Crippen molar-refractivity contribution in [1.29, 1.82) is 0 Å². The second kappa shape index (κ2) is 6.90. The average Bonchev–Trinajstić information content (AvgIpc) is 2.40. The monoisotopic (exact) mass is 269 g/mol. The number of rotatable bonds is 7. The fourth-order valence-corrected chi connectivity index (χ4v) is 3.70. The molecule has 102 valence electrons. The van der Waals surface area contributed by atoms with Crippen LogP contribution in [0.15, 0.2) is 35.2 Å². The van der Waals surface area contributed by atoms with Gasteiger partial charge in [-0.1, -0.05) is 32.0 Å². The van der Waals surface area contributed by atoms with Crippen LogP contribution in [-0.2, 0) is 9.84 Å². The summed E-state index contributed by atoms with van der Waals surface area (Å²) in [7, 11) is -3.24. The van der Waals surface area contributed by atoms with Gasteiger partial charge in [-0.2, -0.15) is 0 Å². The highest BCUT2D eigenvalue weighted by Crippen LogP contribution is 2.19. The summed E-state index contributed by atoms with van der Waals surface area (Å²) in [5.41, 5.74) is 0. The van der Waals surface area contributed by atoms with E-state index in [1.165, 1.54) is 0 Å². The van der Waals surface area contributed by atoms with Crippen LogP contribution in [0.25, 0.3) is 0 Å². The molecule has 0 saturated heterocycles. The molecule has 0 aromatic heterocycles. The maximum atomic E-state index is 12.5. The first kappa shape index (κ1) is 15.2. The van der Waals surface area contributed by atoms with Gasteiger partial charge in [0.05, 0.1) is 10.1 Å². The largest absolute Gasteiger partial charge is 0.313 e. The Labute approximate surface area is 111 Å². The maximum absolute atomic E-state index is 12.5. The molecule has 1 N–H and O–H groups in total. The van der Waals surface area contributed by atoms with Gasteiger partial charge in [-0.25, -0.2) is 8.42 Å². The normalized spacial score (nSPS) is 15.3. The average molecular weight is 269 g/mol. The van der Waals surface area contributed by atoms with Gasteiger partial charge in [0, 0.05) is 6.04 Å². The SMILES string of the molecule is CCCNC(CC)C(C)S(=O)(=O)c1ccccc1. The van der Waals surface area contributed by atoms with Gasteiger partial charge >= 0.3 is 0 Å². The summed E-state index contributed by atoms with van der Waals surface area (Å²) < 4.78 is 24.9. The summed E-state index contributed by atoms with van der Waals surface area (Å²) in [6, 6.07) is 8.70. The summed E-state index contributed by atoms with van der Waals surface area (Å²) in [5.74, 6) is 0. The minimum atomic E-state index is -3.24. The lowest BCUT2D eigenvalue weighted by molar-refractivity contribution is 0.472. The molecule has 1 aromatic rings. The zero-order valence-corrected chi connectivity index (χ0v) is 12.2. The molecule has 0 aliphatic heterocycles. The van der Waals surface area contributed by atoms with Gasteiger partial charge in [0.2, 0.25) is 0 Å². The maximum Gasteiger partial charge on any atom is 0.182 e. The standard InChI is InChI=1S/C14H23NO2S/c1-4-11-15-14(5-2)12(3)18(16,17)13-9-7-6-8-10-13/h6-10,12,14-15H,4-5,11H2,1-3H3. The van der Waals surface area contributed by atoms with Crippen LogP contribution < -0.4 is 5.32 Å². The third kappa shape index (κ3) is 3.56. The van der Waals surface area contributed by atoms with Crippen molar-refractivity contribution in [3.63, 3.8) is 0 Å². The molecule has 0 heterocycles. The van der Waals surface area contributed by atoms with Crippen LogP contribution in [0.5, 0.6) is 0 Å². The molecule has 0 saturated carbocycles. The van der Waals surface area contributed by atoms with E-state index in [9.17, 15) is 8.42 Å². The Balaban J connectivity index is 2.90. The number of benzene rings is 1. The van der Waals surface area contributed by atoms with Crippen molar-refractivity contribution >= 4 is 9.84 Å². The fourth-order valence-electron chi connectivity index (χ4n) is 2.01. The molecule has 0 radical (unpaired) electrons. The molecule has 2 unspecified atom stereocenters. The Morgan fingerprint density at radius 3 is 2.28 bits per heavy atom. The fraction of sp³-hybridized carbons (Fsp3) is 0.571. The summed E-state index contributed by atoms with van der Waals surface area (Å²) in [5, 5.41) is 2.91. The van der Waals surface area contributed by atoms with Crippen molar-refractivity contribution in [3.05, 3.63) is 30.3 Å². The molecular weight excluding hydrogens is 246 g/mol. The summed E-state index contributed by atoms with van der Waals surface area (Å²) in [4.78, 5) is 0.411. The van der Waals surface area contributed by atoms with Crippen LogP contribution in [0.1, 0.15) is 33.6 Å². The predicted octanol–water partition coefficient (Wildman–Crippen LogP) is 2.63. The van der Waals surface area contributed by atoms with Crippen molar-refractivity contribution in [3.8, 4) is 0 Å². The van der Waals surface area contributed by atoms with Gasteiger partial charge in [0.1, 0.15) is 0 Å². The van der Waals surface area contributed by atoms with Crippen molar-refractivity contribution in [1.82, 2.24) is 5.32 Å². The van der Waals surface area contributed by atoms with Gasteiger partial charge in [0.25, 0.3) is 0 Å². The Kier molecular flexibility index (Phi) is 5.82. The number of hydrogen-bond acceptors (Lipinski definition) is 3. The summed E-state index contributed by atoms with van der Waals surface area (Å²) >= 11 is 0. The first-order valence-corrected chi connectivity index (χ1v) is 8.11. The summed E-state index contributed by atoms with van der Waals surface area (Å²) in [6.07, 6.45) is 1.82. The van der Waals surface area contributed by atoms with E-state index in [-0.39, 0.29) is 6.04 Å². The molecule has 0 fully saturated rings. The van der Waals surface area contributed by atoms with Gasteiger partial charge in [-0.15, -0.1) is 0 Å². The van der Waals surface area contributed by atoms with E-state index in [4.69, 9.17) is 0 Å². The second-order valence-electron chi connectivity index (χ2n) is 4.53. The molecule has 0 bridgehead atoms. The smallest absolute Gasteiger partial charge is 0.182 e. The van der Waals surface area contributed by atoms with Gasteiger partial charge in [-0.3, -0.25) is 0 Å². The third-order valence-corrected chi connectivity index (χ3v) is 5.46. The van der Waals surface area contributed by atoms with Crippen LogP contribution in [0.2, 0.25) is 0 Å². The molecule has 1 aromatic carbocycles. The molecule has 0 aliphatic rings. The highest BCUT2D eigenvalue weighted by atomic mass is 32.2. The lowest BCUT2D eigenvalue weighted by Crippen LogP contribution is -2.42. The number of sulfone groups is 1. The van der Waals surface area contributed by atoms with E-state index in [2.05, 4.69) is 12.2 Å². The molecule has 18 heavy (non-hydrogen) atoms. The molecule has 0 spiro atoms. The Morgan fingerprint density at radius 2 is 1.78 bits per heavy atom. The molecule has 3 nitrogen and oxygen atoms in total. The Hall–Kier alpha value is -0.870. The predicted molar refractivity (Wildman–Crippen MR) is 75.5 cm³/mol. The Bertz CT molecular complexity index is 442. The van der Waals surface area contributed by atoms with Crippen LogP contribution in [-0.4, -0.2) is 26.3 Å². The third-order valence-electron chi connectivity index (χ3n) is 3.22. The van der Waals surface area contributed by atoms with Crippen molar-refractivity contribution in [2.24, 2.45) is 0 Å². The van der Waals surface area contributed by atoms with E-state index < -0.39 is 15.1 Å². The van der Waals surface area contributed by atoms with Crippen LogP contribution in [0.3, 0.4) is 0 Å². The van der Waals surface area contributed by atoms with Crippen LogP contribution in [0, 0.1) is 0 Å². The van der Waals surface area contributed by atoms with Gasteiger partial charge in [0.15, 0.2) is 9.84 Å². The molecule has 2 atom stereocenters. The first-order valence-electron chi connectivity index (χ1n) is 6.56. The molecule has 0 amide bonds. The lowest BCUT2D eigenvalue weighted by Gasteiger charge is -2.24. The zero-order chi connectivity index (χ0) is 13.6. The van der Waals surface area contributed by atoms with Crippen molar-refractivity contribution in [2.45, 2.75) is 49.8 Å². The zero-order valence-electron chi connectivity index (χ0n) is 11.4. The minimum absolute atomic E-state index is 0.00940. The van der Waals surface area contributed by atoms with Gasteiger partial charge in [-0.05, 0) is 38.4 Å². The molecule has 0 aliphatic carbocycles. The Morgan fingerprint density at radius 1 is 1.17 bits per heavy atom. The first-order chi connectivity index (χ1) is 8.54. The van der Waals surface area contributed by atoms with E-state index in [1.807, 2.05) is 13.0 Å². The molecular formula is C14H23NO2S.